The van der Waals surface area contributed by atoms with Crippen LogP contribution in [-0.4, -0.2) is 49.7 Å². The molecule has 6 nitrogen and oxygen atoms in total. The van der Waals surface area contributed by atoms with Crippen molar-refractivity contribution < 1.29 is 19.8 Å². The Hall–Kier alpha value is -2.28. The van der Waals surface area contributed by atoms with Crippen LogP contribution in [0.15, 0.2) is 64.8 Å². The van der Waals surface area contributed by atoms with Gasteiger partial charge in [-0.25, -0.2) is 0 Å². The zero-order chi connectivity index (χ0) is 19.9. The normalized spacial score (nSPS) is 11.4. The molecule has 0 fully saturated rings. The average Bonchev–Trinajstić information content (AvgIpc) is 2.73. The predicted octanol–water partition coefficient (Wildman–Crippen LogP) is 2.91. The first-order chi connectivity index (χ1) is 13.8. The minimum Gasteiger partial charge on any atom is -0.494 e. The highest BCUT2D eigenvalue weighted by molar-refractivity contribution is 5.42. The van der Waals surface area contributed by atoms with Gasteiger partial charge >= 0.3 is 0 Å². The molecular formula is C22H32N3O3+. The van der Waals surface area contributed by atoms with Gasteiger partial charge in [0.15, 0.2) is 0 Å². The Kier molecular flexibility index (Phi) is 10.9. The van der Waals surface area contributed by atoms with E-state index in [2.05, 4.69) is 10.2 Å². The minimum atomic E-state index is 0.176. The Labute approximate surface area is 167 Å². The number of benzene rings is 2. The SMILES string of the molecule is OCC[NH+](CCO)CCCCCCOc1ccc(N=Nc2ccccc2)cc1. The second-order valence-electron chi connectivity index (χ2n) is 6.74. The van der Waals surface area contributed by atoms with E-state index in [1.807, 2.05) is 54.6 Å². The first-order valence-electron chi connectivity index (χ1n) is 10.1. The van der Waals surface area contributed by atoms with Crippen molar-refractivity contribution in [3.05, 3.63) is 54.6 Å². The first-order valence-corrected chi connectivity index (χ1v) is 10.1. The number of hydrogen-bond acceptors (Lipinski definition) is 5. The van der Waals surface area contributed by atoms with E-state index in [1.165, 1.54) is 4.90 Å². The van der Waals surface area contributed by atoms with Gasteiger partial charge in [-0.15, -0.1) is 0 Å². The molecule has 0 aliphatic heterocycles. The lowest BCUT2D eigenvalue weighted by molar-refractivity contribution is -0.901. The van der Waals surface area contributed by atoms with Crippen LogP contribution in [0.25, 0.3) is 0 Å². The second-order valence-corrected chi connectivity index (χ2v) is 6.74. The smallest absolute Gasteiger partial charge is 0.119 e. The molecular weight excluding hydrogens is 354 g/mol. The maximum atomic E-state index is 9.01. The summed E-state index contributed by atoms with van der Waals surface area (Å²) in [6.07, 6.45) is 4.39. The highest BCUT2D eigenvalue weighted by Gasteiger charge is 2.06. The van der Waals surface area contributed by atoms with Crippen LogP contribution in [0.1, 0.15) is 25.7 Å². The number of unbranched alkanes of at least 4 members (excludes halogenated alkanes) is 3. The van der Waals surface area contributed by atoms with Crippen LogP contribution in [-0.2, 0) is 0 Å². The van der Waals surface area contributed by atoms with Gasteiger partial charge in [-0.2, -0.15) is 10.2 Å². The molecule has 0 amide bonds. The zero-order valence-electron chi connectivity index (χ0n) is 16.5. The lowest BCUT2D eigenvalue weighted by atomic mass is 10.2. The van der Waals surface area contributed by atoms with Crippen molar-refractivity contribution in [2.24, 2.45) is 10.2 Å². The molecule has 6 heteroatoms. The fourth-order valence-corrected chi connectivity index (χ4v) is 2.93. The van der Waals surface area contributed by atoms with E-state index in [9.17, 15) is 0 Å². The maximum absolute atomic E-state index is 9.01. The highest BCUT2D eigenvalue weighted by Crippen LogP contribution is 2.21. The fraction of sp³-hybridized carbons (Fsp3) is 0.455. The molecule has 0 unspecified atom stereocenters. The predicted molar refractivity (Wildman–Crippen MR) is 111 cm³/mol. The molecule has 0 spiro atoms. The number of nitrogens with zero attached hydrogens (tertiary/aromatic N) is 2. The number of hydrogen-bond donors (Lipinski definition) is 3. The second kappa shape index (κ2) is 13.8. The summed E-state index contributed by atoms with van der Waals surface area (Å²) in [7, 11) is 0. The van der Waals surface area contributed by atoms with Gasteiger partial charge in [0.05, 0.1) is 37.7 Å². The number of quaternary nitrogens is 1. The lowest BCUT2D eigenvalue weighted by Gasteiger charge is -2.17. The van der Waals surface area contributed by atoms with Crippen molar-refractivity contribution >= 4 is 11.4 Å². The molecule has 0 atom stereocenters. The van der Waals surface area contributed by atoms with Crippen LogP contribution < -0.4 is 9.64 Å². The molecule has 2 rings (SSSR count). The highest BCUT2D eigenvalue weighted by atomic mass is 16.5. The Bertz CT molecular complexity index is 656. The van der Waals surface area contributed by atoms with Gasteiger partial charge in [0, 0.05) is 0 Å². The maximum Gasteiger partial charge on any atom is 0.119 e. The van der Waals surface area contributed by atoms with Gasteiger partial charge < -0.3 is 19.8 Å². The van der Waals surface area contributed by atoms with Crippen LogP contribution in [0, 0.1) is 0 Å². The molecule has 0 bridgehead atoms. The summed E-state index contributed by atoms with van der Waals surface area (Å²) in [5.41, 5.74) is 1.63. The zero-order valence-corrected chi connectivity index (χ0v) is 16.5. The molecule has 0 aliphatic rings. The van der Waals surface area contributed by atoms with E-state index in [4.69, 9.17) is 14.9 Å². The number of rotatable bonds is 14. The number of nitrogens with one attached hydrogen (secondary N) is 1. The monoisotopic (exact) mass is 386 g/mol. The van der Waals surface area contributed by atoms with Crippen molar-refractivity contribution in [2.45, 2.75) is 25.7 Å². The van der Waals surface area contributed by atoms with Crippen LogP contribution >= 0.6 is 0 Å². The number of azo groups is 1. The van der Waals surface area contributed by atoms with Gasteiger partial charge in [-0.1, -0.05) is 18.2 Å². The summed E-state index contributed by atoms with van der Waals surface area (Å²) < 4.78 is 5.78. The van der Waals surface area contributed by atoms with Crippen molar-refractivity contribution in [3.63, 3.8) is 0 Å². The first kappa shape index (κ1) is 22.0. The Morgan fingerprint density at radius 1 is 0.679 bits per heavy atom. The van der Waals surface area contributed by atoms with E-state index < -0.39 is 0 Å². The van der Waals surface area contributed by atoms with Crippen LogP contribution in [0.3, 0.4) is 0 Å². The molecule has 152 valence electrons. The van der Waals surface area contributed by atoms with E-state index in [-0.39, 0.29) is 13.2 Å². The third kappa shape index (κ3) is 9.08. The Morgan fingerprint density at radius 2 is 1.29 bits per heavy atom. The van der Waals surface area contributed by atoms with Crippen molar-refractivity contribution in [1.82, 2.24) is 0 Å². The van der Waals surface area contributed by atoms with Gasteiger partial charge in [0.2, 0.25) is 0 Å². The molecule has 0 saturated heterocycles. The largest absolute Gasteiger partial charge is 0.494 e. The number of aliphatic hydroxyl groups is 2. The van der Waals surface area contributed by atoms with Crippen molar-refractivity contribution in [1.29, 1.82) is 0 Å². The van der Waals surface area contributed by atoms with Gasteiger partial charge in [-0.3, -0.25) is 0 Å². The summed E-state index contributed by atoms with van der Waals surface area (Å²) in [6.45, 7) is 3.48. The third-order valence-corrected chi connectivity index (χ3v) is 4.50. The minimum absolute atomic E-state index is 0.176. The fourth-order valence-electron chi connectivity index (χ4n) is 2.93. The van der Waals surface area contributed by atoms with Crippen LogP contribution in [0.2, 0.25) is 0 Å². The molecule has 0 saturated carbocycles. The van der Waals surface area contributed by atoms with E-state index >= 15 is 0 Å². The number of aliphatic hydroxyl groups excluding tert-OH is 2. The van der Waals surface area contributed by atoms with Crippen LogP contribution in [0.5, 0.6) is 5.75 Å². The molecule has 0 heterocycles. The Balaban J connectivity index is 1.59. The molecule has 3 N–H and O–H groups in total. The Morgan fingerprint density at radius 3 is 1.93 bits per heavy atom. The molecule has 28 heavy (non-hydrogen) atoms. The topological polar surface area (TPSA) is 78.9 Å². The van der Waals surface area contributed by atoms with E-state index in [0.717, 1.165) is 49.4 Å². The third-order valence-electron chi connectivity index (χ3n) is 4.50. The molecule has 0 aromatic heterocycles. The van der Waals surface area contributed by atoms with E-state index in [1.54, 1.807) is 0 Å². The van der Waals surface area contributed by atoms with Crippen LogP contribution in [0.4, 0.5) is 11.4 Å². The standard InChI is InChI=1S/C22H31N3O3/c26-17-15-25(16-18-27)14-6-1-2-7-19-28-22-12-10-21(11-13-22)24-23-20-8-4-3-5-9-20/h3-5,8-13,26-27H,1-2,6-7,14-19H2/p+1. The van der Waals surface area contributed by atoms with Crippen molar-refractivity contribution in [2.75, 3.05) is 39.5 Å². The van der Waals surface area contributed by atoms with Gasteiger partial charge in [0.25, 0.3) is 0 Å². The molecule has 0 aliphatic carbocycles. The average molecular weight is 387 g/mol. The summed E-state index contributed by atoms with van der Waals surface area (Å²) in [5, 5.41) is 26.5. The summed E-state index contributed by atoms with van der Waals surface area (Å²) in [4.78, 5) is 1.27. The molecule has 2 aromatic carbocycles. The van der Waals surface area contributed by atoms with Gasteiger partial charge in [-0.05, 0) is 62.1 Å². The summed E-state index contributed by atoms with van der Waals surface area (Å²) >= 11 is 0. The van der Waals surface area contributed by atoms with E-state index in [0.29, 0.717) is 19.7 Å². The van der Waals surface area contributed by atoms with Crippen molar-refractivity contribution in [3.8, 4) is 5.75 Å². The quantitative estimate of drug-likeness (QED) is 0.345. The lowest BCUT2D eigenvalue weighted by Crippen LogP contribution is -3.13. The molecule has 2 aromatic rings. The summed E-state index contributed by atoms with van der Waals surface area (Å²) in [6, 6.07) is 17.3. The van der Waals surface area contributed by atoms with Gasteiger partial charge in [0.1, 0.15) is 18.8 Å². The number of ether oxygens (including phenoxy) is 1. The summed E-state index contributed by atoms with van der Waals surface area (Å²) in [5.74, 6) is 0.847. The molecule has 0 radical (unpaired) electrons.